The Morgan fingerprint density at radius 3 is 2.29 bits per heavy atom. The minimum atomic E-state index is -3.17. The van der Waals surface area contributed by atoms with Crippen LogP contribution in [0.2, 0.25) is 0 Å². The number of rotatable bonds is 5. The van der Waals surface area contributed by atoms with E-state index in [0.717, 1.165) is 6.08 Å². The number of ketones is 1. The minimum absolute atomic E-state index is 0.0520. The highest BCUT2D eigenvalue weighted by Gasteiger charge is 2.26. The van der Waals surface area contributed by atoms with Crippen molar-refractivity contribution in [2.24, 2.45) is 0 Å². The molecule has 0 spiro atoms. The largest absolute Gasteiger partial charge is 0.462 e. The normalized spacial score (nSPS) is 11.6. The summed E-state index contributed by atoms with van der Waals surface area (Å²) >= 11 is 0. The lowest BCUT2D eigenvalue weighted by molar-refractivity contribution is -0.141. The van der Waals surface area contributed by atoms with Gasteiger partial charge in [-0.05, 0) is 13.3 Å². The maximum absolute atomic E-state index is 12.0. The predicted octanol–water partition coefficient (Wildman–Crippen LogP) is 1.72. The van der Waals surface area contributed by atoms with Crippen LogP contribution in [0.1, 0.15) is 20.3 Å². The molecule has 0 fully saturated rings. The molecule has 0 aliphatic rings. The van der Waals surface area contributed by atoms with Crippen molar-refractivity contribution in [1.82, 2.24) is 0 Å². The first-order chi connectivity index (χ1) is 6.54. The molecule has 3 nitrogen and oxygen atoms in total. The third-order valence-electron chi connectivity index (χ3n) is 1.37. The fourth-order valence-electron chi connectivity index (χ4n) is 0.815. The van der Waals surface area contributed by atoms with E-state index in [4.69, 9.17) is 0 Å². The Morgan fingerprint density at radius 1 is 1.36 bits per heavy atom. The lowest BCUT2D eigenvalue weighted by atomic mass is 10.1. The van der Waals surface area contributed by atoms with Gasteiger partial charge in [0.15, 0.2) is 0 Å². The second kappa shape index (κ2) is 6.23. The molecule has 0 aliphatic carbocycles. The third-order valence-corrected chi connectivity index (χ3v) is 1.37. The van der Waals surface area contributed by atoms with Gasteiger partial charge in [0.05, 0.1) is 6.61 Å². The summed E-state index contributed by atoms with van der Waals surface area (Å²) in [4.78, 5) is 21.9. The zero-order valence-corrected chi connectivity index (χ0v) is 8.05. The highest BCUT2D eigenvalue weighted by atomic mass is 19.3. The monoisotopic (exact) mass is 206 g/mol. The second-order valence-corrected chi connectivity index (χ2v) is 2.41. The molecular formula is C9H12F2O3. The smallest absolute Gasteiger partial charge is 0.341 e. The molecule has 80 valence electrons. The first-order valence-corrected chi connectivity index (χ1v) is 4.24. The Labute approximate surface area is 80.7 Å². The van der Waals surface area contributed by atoms with Gasteiger partial charge in [0, 0.05) is 0 Å². The molecule has 0 heterocycles. The number of carbonyl (C=O) groups is 2. The van der Waals surface area contributed by atoms with E-state index in [1.165, 1.54) is 6.92 Å². The second-order valence-electron chi connectivity index (χ2n) is 2.41. The molecule has 0 aromatic rings. The van der Waals surface area contributed by atoms with Crippen molar-refractivity contribution < 1.29 is 23.1 Å². The highest BCUT2D eigenvalue weighted by molar-refractivity contribution is 6.18. The van der Waals surface area contributed by atoms with Crippen molar-refractivity contribution in [3.8, 4) is 0 Å². The molecule has 0 aliphatic heterocycles. The van der Waals surface area contributed by atoms with Crippen LogP contribution in [0.25, 0.3) is 0 Å². The van der Waals surface area contributed by atoms with Gasteiger partial charge >= 0.3 is 12.4 Å². The van der Waals surface area contributed by atoms with Gasteiger partial charge in [0.25, 0.3) is 0 Å². The number of halogens is 2. The van der Waals surface area contributed by atoms with Crippen LogP contribution in [-0.4, -0.2) is 24.8 Å². The summed E-state index contributed by atoms with van der Waals surface area (Å²) in [5, 5.41) is 0. The predicted molar refractivity (Wildman–Crippen MR) is 46.0 cm³/mol. The molecule has 0 saturated carbocycles. The number of hydrogen-bond acceptors (Lipinski definition) is 3. The van der Waals surface area contributed by atoms with Gasteiger partial charge in [-0.15, -0.1) is 0 Å². The van der Waals surface area contributed by atoms with E-state index < -0.39 is 23.8 Å². The molecule has 0 amide bonds. The van der Waals surface area contributed by atoms with E-state index in [9.17, 15) is 18.4 Å². The molecule has 0 radical (unpaired) electrons. The van der Waals surface area contributed by atoms with Gasteiger partial charge < -0.3 is 4.74 Å². The molecular weight excluding hydrogens is 194 g/mol. The lowest BCUT2D eigenvalue weighted by Crippen LogP contribution is -2.21. The molecule has 0 aromatic carbocycles. The maximum atomic E-state index is 12.0. The average Bonchev–Trinajstić information content (AvgIpc) is 2.13. The molecule has 0 bridgehead atoms. The summed E-state index contributed by atoms with van der Waals surface area (Å²) in [6.07, 6.45) is -1.70. The van der Waals surface area contributed by atoms with E-state index >= 15 is 0 Å². The van der Waals surface area contributed by atoms with E-state index in [1.54, 1.807) is 6.92 Å². The first kappa shape index (κ1) is 12.7. The Balaban J connectivity index is 4.69. The Bertz CT molecular complexity index is 246. The van der Waals surface area contributed by atoms with Gasteiger partial charge in [-0.2, -0.15) is 0 Å². The summed E-state index contributed by atoms with van der Waals surface area (Å²) in [5.41, 5.74) is -0.565. The van der Waals surface area contributed by atoms with Crippen molar-refractivity contribution in [2.75, 3.05) is 6.61 Å². The van der Waals surface area contributed by atoms with Crippen molar-refractivity contribution in [3.63, 3.8) is 0 Å². The fraction of sp³-hybridized carbons (Fsp3) is 0.556. The maximum Gasteiger partial charge on any atom is 0.341 e. The van der Waals surface area contributed by atoms with Crippen molar-refractivity contribution in [3.05, 3.63) is 11.6 Å². The Kier molecular flexibility index (Phi) is 5.67. The SMILES string of the molecule is CCC=C(C(=O)OCC)C(=O)C(F)F. The molecule has 0 atom stereocenters. The van der Waals surface area contributed by atoms with Gasteiger partial charge in [0.2, 0.25) is 5.78 Å². The number of Topliss-reactive ketones (excluding diaryl/α,β-unsaturated/α-hetero) is 1. The van der Waals surface area contributed by atoms with E-state index in [2.05, 4.69) is 4.74 Å². The van der Waals surface area contributed by atoms with E-state index in [1.807, 2.05) is 0 Å². The number of ether oxygens (including phenoxy) is 1. The topological polar surface area (TPSA) is 43.4 Å². The van der Waals surface area contributed by atoms with Crippen LogP contribution in [0, 0.1) is 0 Å². The third kappa shape index (κ3) is 3.64. The molecule has 0 N–H and O–H groups in total. The van der Waals surface area contributed by atoms with E-state index in [-0.39, 0.29) is 6.61 Å². The molecule has 0 unspecified atom stereocenters. The average molecular weight is 206 g/mol. The molecule has 0 aromatic heterocycles. The summed E-state index contributed by atoms with van der Waals surface area (Å²) in [7, 11) is 0. The first-order valence-electron chi connectivity index (χ1n) is 4.24. The van der Waals surface area contributed by atoms with Crippen molar-refractivity contribution in [1.29, 1.82) is 0 Å². The van der Waals surface area contributed by atoms with Crippen LogP contribution in [0.5, 0.6) is 0 Å². The van der Waals surface area contributed by atoms with Gasteiger partial charge in [-0.25, -0.2) is 13.6 Å². The summed E-state index contributed by atoms with van der Waals surface area (Å²) in [6, 6.07) is 0. The van der Waals surface area contributed by atoms with Crippen LogP contribution in [0.4, 0.5) is 8.78 Å². The van der Waals surface area contributed by atoms with Crippen LogP contribution in [-0.2, 0) is 14.3 Å². The number of hydrogen-bond donors (Lipinski definition) is 0. The summed E-state index contributed by atoms with van der Waals surface area (Å²) in [6.45, 7) is 3.22. The van der Waals surface area contributed by atoms with Crippen molar-refractivity contribution >= 4 is 11.8 Å². The minimum Gasteiger partial charge on any atom is -0.462 e. The molecule has 0 saturated heterocycles. The molecule has 0 rings (SSSR count). The summed E-state index contributed by atoms with van der Waals surface area (Å²) in [5.74, 6) is -2.47. The lowest BCUT2D eigenvalue weighted by Gasteiger charge is -2.04. The number of alkyl halides is 2. The van der Waals surface area contributed by atoms with Crippen LogP contribution < -0.4 is 0 Å². The molecule has 14 heavy (non-hydrogen) atoms. The van der Waals surface area contributed by atoms with Crippen LogP contribution in [0.15, 0.2) is 11.6 Å². The van der Waals surface area contributed by atoms with Crippen molar-refractivity contribution in [2.45, 2.75) is 26.7 Å². The highest BCUT2D eigenvalue weighted by Crippen LogP contribution is 2.08. The Morgan fingerprint density at radius 2 is 1.93 bits per heavy atom. The quantitative estimate of drug-likeness (QED) is 0.298. The van der Waals surface area contributed by atoms with Gasteiger partial charge in [-0.3, -0.25) is 4.79 Å². The zero-order chi connectivity index (χ0) is 11.1. The fourth-order valence-corrected chi connectivity index (χ4v) is 0.815. The van der Waals surface area contributed by atoms with Crippen LogP contribution in [0.3, 0.4) is 0 Å². The van der Waals surface area contributed by atoms with Crippen LogP contribution >= 0.6 is 0 Å². The standard InChI is InChI=1S/C9H12F2O3/c1-3-5-6(7(12)8(10)11)9(13)14-4-2/h5,8H,3-4H2,1-2H3. The molecule has 5 heteroatoms. The number of carbonyl (C=O) groups excluding carboxylic acids is 2. The van der Waals surface area contributed by atoms with Gasteiger partial charge in [0.1, 0.15) is 5.57 Å². The summed E-state index contributed by atoms with van der Waals surface area (Å²) < 4.78 is 28.5. The van der Waals surface area contributed by atoms with Gasteiger partial charge in [-0.1, -0.05) is 13.0 Å². The Hall–Kier alpha value is -1.26. The number of esters is 1. The zero-order valence-electron chi connectivity index (χ0n) is 8.05. The number of allylic oxidation sites excluding steroid dienone is 1. The van der Waals surface area contributed by atoms with E-state index in [0.29, 0.717) is 6.42 Å².